The molecule has 0 bridgehead atoms. The van der Waals surface area contributed by atoms with Crippen molar-refractivity contribution < 1.29 is 0 Å². The lowest BCUT2D eigenvalue weighted by molar-refractivity contribution is 0.535. The van der Waals surface area contributed by atoms with E-state index in [-0.39, 0.29) is 5.41 Å². The molecule has 2 nitrogen and oxygen atoms in total. The van der Waals surface area contributed by atoms with Crippen LogP contribution in [-0.4, -0.2) is 9.78 Å². The summed E-state index contributed by atoms with van der Waals surface area (Å²) in [5.74, 6) is 0. The average Bonchev–Trinajstić information content (AvgIpc) is 2.54. The largest absolute Gasteiger partial charge is 0.241 e. The van der Waals surface area contributed by atoms with Crippen molar-refractivity contribution in [3.63, 3.8) is 0 Å². The van der Waals surface area contributed by atoms with Gasteiger partial charge in [-0.15, -0.1) is 0 Å². The first kappa shape index (κ1) is 8.30. The quantitative estimate of drug-likeness (QED) is 0.640. The Morgan fingerprint density at radius 2 is 2.31 bits per heavy atom. The van der Waals surface area contributed by atoms with Crippen molar-refractivity contribution in [3.8, 4) is 0 Å². The van der Waals surface area contributed by atoms with Crippen LogP contribution in [-0.2, 0) is 0 Å². The standard InChI is InChI=1S/C11H14N2/c1-3-11(2)6-4-10-5-8-12-13(10)9-7-11/h4-9H,3H2,1-2H3. The number of hydrogen-bond acceptors (Lipinski definition) is 1. The number of allylic oxidation sites excluding steroid dienone is 2. The second kappa shape index (κ2) is 2.87. The molecule has 68 valence electrons. The number of hydrogen-bond donors (Lipinski definition) is 0. The summed E-state index contributed by atoms with van der Waals surface area (Å²) >= 11 is 0. The van der Waals surface area contributed by atoms with E-state index in [4.69, 9.17) is 0 Å². The predicted molar refractivity (Wildman–Crippen MR) is 55.0 cm³/mol. The maximum Gasteiger partial charge on any atom is 0.0658 e. The van der Waals surface area contributed by atoms with Crippen LogP contribution < -0.4 is 0 Å². The van der Waals surface area contributed by atoms with Gasteiger partial charge in [0.15, 0.2) is 0 Å². The van der Waals surface area contributed by atoms with Gasteiger partial charge in [0.1, 0.15) is 0 Å². The maximum atomic E-state index is 4.20. The molecule has 2 heteroatoms. The summed E-state index contributed by atoms with van der Waals surface area (Å²) in [7, 11) is 0. The van der Waals surface area contributed by atoms with Gasteiger partial charge in [0.2, 0.25) is 0 Å². The van der Waals surface area contributed by atoms with E-state index in [0.29, 0.717) is 0 Å². The molecule has 13 heavy (non-hydrogen) atoms. The van der Waals surface area contributed by atoms with Crippen LogP contribution in [0.1, 0.15) is 26.0 Å². The smallest absolute Gasteiger partial charge is 0.0658 e. The van der Waals surface area contributed by atoms with Crippen molar-refractivity contribution in [1.29, 1.82) is 0 Å². The van der Waals surface area contributed by atoms with Gasteiger partial charge in [-0.1, -0.05) is 26.0 Å². The molecule has 1 aliphatic rings. The van der Waals surface area contributed by atoms with E-state index >= 15 is 0 Å². The van der Waals surface area contributed by atoms with Gasteiger partial charge < -0.3 is 0 Å². The molecule has 0 aromatic carbocycles. The second-order valence-corrected chi connectivity index (χ2v) is 3.71. The van der Waals surface area contributed by atoms with E-state index in [2.05, 4.69) is 37.2 Å². The predicted octanol–water partition coefficient (Wildman–Crippen LogP) is 2.80. The highest BCUT2D eigenvalue weighted by atomic mass is 15.3. The van der Waals surface area contributed by atoms with Crippen LogP contribution in [0.25, 0.3) is 12.3 Å². The van der Waals surface area contributed by atoms with Gasteiger partial charge in [0.05, 0.1) is 5.69 Å². The van der Waals surface area contributed by atoms with Gasteiger partial charge in [-0.25, -0.2) is 4.68 Å². The molecule has 1 unspecified atom stereocenters. The topological polar surface area (TPSA) is 17.8 Å². The van der Waals surface area contributed by atoms with Crippen molar-refractivity contribution in [2.24, 2.45) is 5.41 Å². The van der Waals surface area contributed by atoms with Crippen molar-refractivity contribution in [1.82, 2.24) is 9.78 Å². The van der Waals surface area contributed by atoms with Crippen LogP contribution in [0.15, 0.2) is 24.4 Å². The zero-order chi connectivity index (χ0) is 9.31. The number of rotatable bonds is 1. The molecular formula is C11H14N2. The zero-order valence-electron chi connectivity index (χ0n) is 8.07. The van der Waals surface area contributed by atoms with Crippen LogP contribution in [0.4, 0.5) is 0 Å². The van der Waals surface area contributed by atoms with Gasteiger partial charge in [-0.05, 0) is 18.6 Å². The molecule has 0 aliphatic carbocycles. The van der Waals surface area contributed by atoms with Crippen molar-refractivity contribution >= 4 is 12.3 Å². The van der Waals surface area contributed by atoms with Crippen LogP contribution in [0.3, 0.4) is 0 Å². The molecule has 0 spiro atoms. The fraction of sp³-hybridized carbons (Fsp3) is 0.364. The van der Waals surface area contributed by atoms with E-state index in [1.807, 2.05) is 23.1 Å². The van der Waals surface area contributed by atoms with Gasteiger partial charge in [0.25, 0.3) is 0 Å². The lowest BCUT2D eigenvalue weighted by Crippen LogP contribution is -2.06. The first-order valence-corrected chi connectivity index (χ1v) is 4.66. The Kier molecular flexibility index (Phi) is 1.83. The fourth-order valence-electron chi connectivity index (χ4n) is 1.39. The summed E-state index contributed by atoms with van der Waals surface area (Å²) in [5.41, 5.74) is 1.33. The summed E-state index contributed by atoms with van der Waals surface area (Å²) in [4.78, 5) is 0. The molecule has 1 aromatic rings. The third-order valence-electron chi connectivity index (χ3n) is 2.69. The molecule has 0 radical (unpaired) electrons. The molecule has 0 fully saturated rings. The highest BCUT2D eigenvalue weighted by molar-refractivity contribution is 5.52. The summed E-state index contributed by atoms with van der Waals surface area (Å²) < 4.78 is 1.90. The zero-order valence-corrected chi connectivity index (χ0v) is 8.07. The lowest BCUT2D eigenvalue weighted by Gasteiger charge is -2.17. The minimum Gasteiger partial charge on any atom is -0.241 e. The Balaban J connectivity index is 2.43. The fourth-order valence-corrected chi connectivity index (χ4v) is 1.39. The van der Waals surface area contributed by atoms with Crippen LogP contribution in [0, 0.1) is 5.41 Å². The van der Waals surface area contributed by atoms with E-state index < -0.39 is 0 Å². The molecule has 1 atom stereocenters. The number of fused-ring (bicyclic) bond motifs is 1. The van der Waals surface area contributed by atoms with Crippen molar-refractivity contribution in [2.75, 3.05) is 0 Å². The molecule has 2 heterocycles. The minimum atomic E-state index is 0.181. The SMILES string of the molecule is CCC1(C)C=Cc2ccnn2C=C1. The van der Waals surface area contributed by atoms with Crippen molar-refractivity contribution in [2.45, 2.75) is 20.3 Å². The molecule has 1 aliphatic heterocycles. The monoisotopic (exact) mass is 174 g/mol. The van der Waals surface area contributed by atoms with Crippen LogP contribution in [0.2, 0.25) is 0 Å². The van der Waals surface area contributed by atoms with Crippen LogP contribution >= 0.6 is 0 Å². The first-order chi connectivity index (χ1) is 6.23. The molecule has 0 saturated heterocycles. The Morgan fingerprint density at radius 1 is 1.46 bits per heavy atom. The molecule has 2 rings (SSSR count). The maximum absolute atomic E-state index is 4.20. The van der Waals surface area contributed by atoms with Gasteiger partial charge in [-0.3, -0.25) is 0 Å². The van der Waals surface area contributed by atoms with E-state index in [9.17, 15) is 0 Å². The van der Waals surface area contributed by atoms with E-state index in [1.54, 1.807) is 0 Å². The molecule has 1 aromatic heterocycles. The molecule has 0 amide bonds. The number of nitrogens with zero attached hydrogens (tertiary/aromatic N) is 2. The summed E-state index contributed by atoms with van der Waals surface area (Å²) in [6, 6.07) is 2.02. The van der Waals surface area contributed by atoms with Gasteiger partial charge >= 0.3 is 0 Å². The first-order valence-electron chi connectivity index (χ1n) is 4.66. The third-order valence-corrected chi connectivity index (χ3v) is 2.69. The average molecular weight is 174 g/mol. The van der Waals surface area contributed by atoms with Crippen LogP contribution in [0.5, 0.6) is 0 Å². The lowest BCUT2D eigenvalue weighted by atomic mass is 9.87. The Labute approximate surface area is 78.6 Å². The highest BCUT2D eigenvalue weighted by Gasteiger charge is 2.16. The van der Waals surface area contributed by atoms with Gasteiger partial charge in [-0.2, -0.15) is 5.10 Å². The normalized spacial score (nSPS) is 25.7. The third kappa shape index (κ3) is 1.44. The highest BCUT2D eigenvalue weighted by Crippen LogP contribution is 2.28. The Hall–Kier alpha value is -1.31. The van der Waals surface area contributed by atoms with E-state index in [1.165, 1.54) is 0 Å². The Bertz CT molecular complexity index is 329. The summed E-state index contributed by atoms with van der Waals surface area (Å²) in [6.45, 7) is 4.43. The van der Waals surface area contributed by atoms with Crippen molar-refractivity contribution in [3.05, 3.63) is 30.1 Å². The summed E-state index contributed by atoms with van der Waals surface area (Å²) in [6.07, 6.45) is 11.6. The minimum absolute atomic E-state index is 0.181. The second-order valence-electron chi connectivity index (χ2n) is 3.71. The molecule has 0 saturated carbocycles. The Morgan fingerprint density at radius 3 is 3.08 bits per heavy atom. The molecular weight excluding hydrogens is 160 g/mol. The number of aromatic nitrogens is 2. The molecule has 0 N–H and O–H groups in total. The summed E-state index contributed by atoms with van der Waals surface area (Å²) in [5, 5.41) is 4.20. The van der Waals surface area contributed by atoms with Gasteiger partial charge in [0, 0.05) is 17.8 Å². The van der Waals surface area contributed by atoms with E-state index in [0.717, 1.165) is 12.1 Å².